The van der Waals surface area contributed by atoms with Gasteiger partial charge in [0.1, 0.15) is 16.6 Å². The van der Waals surface area contributed by atoms with Crippen molar-refractivity contribution in [3.8, 4) is 17.3 Å². The molecule has 0 spiro atoms. The van der Waals surface area contributed by atoms with Crippen molar-refractivity contribution in [3.05, 3.63) is 82.8 Å². The van der Waals surface area contributed by atoms with Crippen molar-refractivity contribution in [1.82, 2.24) is 9.97 Å². The van der Waals surface area contributed by atoms with Gasteiger partial charge in [0, 0.05) is 34.4 Å². The Balaban J connectivity index is 1.47. The molecule has 0 saturated carbocycles. The van der Waals surface area contributed by atoms with Gasteiger partial charge in [-0.1, -0.05) is 30.3 Å². The monoisotopic (exact) mass is 465 g/mol. The molecule has 31 heavy (non-hydrogen) atoms. The van der Waals surface area contributed by atoms with Crippen LogP contribution < -0.4 is 10.0 Å². The van der Waals surface area contributed by atoms with Crippen LogP contribution >= 0.6 is 22.7 Å². The predicted molar refractivity (Wildman–Crippen MR) is 124 cm³/mol. The highest BCUT2D eigenvalue weighted by molar-refractivity contribution is 7.93. The first-order valence-electron chi connectivity index (χ1n) is 8.96. The molecule has 4 aromatic rings. The second kappa shape index (κ2) is 9.09. The van der Waals surface area contributed by atoms with Crippen molar-refractivity contribution in [2.24, 2.45) is 0 Å². The van der Waals surface area contributed by atoms with Crippen molar-refractivity contribution < 1.29 is 8.42 Å². The second-order valence-corrected chi connectivity index (χ2v) is 9.62. The van der Waals surface area contributed by atoms with Crippen molar-refractivity contribution in [3.63, 3.8) is 0 Å². The molecule has 2 N–H and O–H groups in total. The molecule has 4 rings (SSSR count). The number of benzene rings is 2. The van der Waals surface area contributed by atoms with Crippen LogP contribution in [-0.4, -0.2) is 18.4 Å². The number of hydrogen-bond acceptors (Lipinski definition) is 8. The molecule has 10 heteroatoms. The van der Waals surface area contributed by atoms with Gasteiger partial charge in [0.2, 0.25) is 0 Å². The van der Waals surface area contributed by atoms with E-state index in [1.165, 1.54) is 41.0 Å². The van der Waals surface area contributed by atoms with E-state index in [9.17, 15) is 13.7 Å². The zero-order valence-corrected chi connectivity index (χ0v) is 18.3. The zero-order valence-electron chi connectivity index (χ0n) is 15.9. The van der Waals surface area contributed by atoms with Crippen molar-refractivity contribution in [2.45, 2.75) is 4.90 Å². The van der Waals surface area contributed by atoms with Crippen LogP contribution in [0.3, 0.4) is 0 Å². The van der Waals surface area contributed by atoms with E-state index >= 15 is 0 Å². The molecule has 0 aliphatic carbocycles. The van der Waals surface area contributed by atoms with Crippen LogP contribution in [0.1, 0.15) is 5.01 Å². The van der Waals surface area contributed by atoms with Gasteiger partial charge in [0.25, 0.3) is 10.0 Å². The highest BCUT2D eigenvalue weighted by Gasteiger charge is 2.15. The number of nitriles is 1. The maximum Gasteiger partial charge on any atom is 0.263 e. The van der Waals surface area contributed by atoms with Crippen molar-refractivity contribution in [1.29, 1.82) is 5.26 Å². The number of allylic oxidation sites excluding steroid dienone is 1. The molecule has 2 heterocycles. The fourth-order valence-corrected chi connectivity index (χ4v) is 5.20. The summed E-state index contributed by atoms with van der Waals surface area (Å²) in [6, 6.07) is 18.1. The van der Waals surface area contributed by atoms with E-state index in [2.05, 4.69) is 26.1 Å². The topological polar surface area (TPSA) is 108 Å². The maximum absolute atomic E-state index is 12.4. The molecule has 0 saturated heterocycles. The minimum atomic E-state index is -3.71. The summed E-state index contributed by atoms with van der Waals surface area (Å²) in [6.07, 6.45) is 3.09. The minimum absolute atomic E-state index is 0.116. The molecule has 2 aromatic carbocycles. The van der Waals surface area contributed by atoms with E-state index in [1.54, 1.807) is 23.7 Å². The van der Waals surface area contributed by atoms with Crippen molar-refractivity contribution in [2.75, 3.05) is 10.0 Å². The van der Waals surface area contributed by atoms with Crippen LogP contribution in [0.15, 0.2) is 82.6 Å². The Bertz CT molecular complexity index is 1340. The second-order valence-electron chi connectivity index (χ2n) is 6.19. The van der Waals surface area contributed by atoms with E-state index in [0.29, 0.717) is 21.4 Å². The molecule has 0 radical (unpaired) electrons. The van der Waals surface area contributed by atoms with Gasteiger partial charge in [0.05, 0.1) is 10.6 Å². The quantitative estimate of drug-likeness (QED) is 0.370. The number of thiazole rings is 2. The standard InChI is InChI=1S/C21H15N5O2S3/c22-12-16(20-25-19(14-30-20)15-4-2-1-3-5-15)13-24-17-6-8-18(9-7-17)31(27,28)26-21-23-10-11-29-21/h1-11,13-14,24H,(H,23,26)/b16-13+. The van der Waals surface area contributed by atoms with Gasteiger partial charge in [-0.3, -0.25) is 4.72 Å². The first-order valence-corrected chi connectivity index (χ1v) is 12.2. The van der Waals surface area contributed by atoms with Crippen LogP contribution in [0.25, 0.3) is 16.8 Å². The highest BCUT2D eigenvalue weighted by Crippen LogP contribution is 2.26. The summed E-state index contributed by atoms with van der Waals surface area (Å²) in [6.45, 7) is 0. The van der Waals surface area contributed by atoms with Crippen LogP contribution in [0.5, 0.6) is 0 Å². The number of hydrogen-bond donors (Lipinski definition) is 2. The highest BCUT2D eigenvalue weighted by atomic mass is 32.2. The molecule has 0 fully saturated rings. The number of aromatic nitrogens is 2. The molecule has 0 aliphatic rings. The van der Waals surface area contributed by atoms with E-state index in [0.717, 1.165) is 11.3 Å². The third-order valence-corrected chi connectivity index (χ3v) is 7.17. The maximum atomic E-state index is 12.4. The molecule has 154 valence electrons. The summed E-state index contributed by atoms with van der Waals surface area (Å²) in [7, 11) is -3.71. The molecule has 2 aromatic heterocycles. The molecule has 7 nitrogen and oxygen atoms in total. The smallest absolute Gasteiger partial charge is 0.263 e. The third kappa shape index (κ3) is 4.97. The Morgan fingerprint density at radius 3 is 2.52 bits per heavy atom. The molecule has 0 aliphatic heterocycles. The van der Waals surface area contributed by atoms with Gasteiger partial charge in [-0.2, -0.15) is 5.26 Å². The lowest BCUT2D eigenvalue weighted by Gasteiger charge is -2.06. The first kappa shape index (κ1) is 20.7. The molecular formula is C21H15N5O2S3. The Kier molecular flexibility index (Phi) is 6.08. The van der Waals surface area contributed by atoms with Gasteiger partial charge in [-0.05, 0) is 24.3 Å². The van der Waals surface area contributed by atoms with E-state index in [4.69, 9.17) is 0 Å². The average Bonchev–Trinajstić information content (AvgIpc) is 3.47. The van der Waals surface area contributed by atoms with Crippen LogP contribution in [0, 0.1) is 11.3 Å². The summed E-state index contributed by atoms with van der Waals surface area (Å²) in [5.74, 6) is 0. The zero-order chi connectivity index (χ0) is 21.7. The molecule has 0 bridgehead atoms. The van der Waals surface area contributed by atoms with Crippen molar-refractivity contribution >= 4 is 49.1 Å². The van der Waals surface area contributed by atoms with E-state index in [-0.39, 0.29) is 4.90 Å². The number of sulfonamides is 1. The normalized spacial score (nSPS) is 11.6. The number of nitrogens with one attached hydrogen (secondary N) is 2. The summed E-state index contributed by atoms with van der Waals surface area (Å²) >= 11 is 2.59. The van der Waals surface area contributed by atoms with Gasteiger partial charge in [-0.25, -0.2) is 18.4 Å². The Labute approximate surface area is 187 Å². The minimum Gasteiger partial charge on any atom is -0.360 e. The summed E-state index contributed by atoms with van der Waals surface area (Å²) < 4.78 is 27.2. The molecule has 0 amide bonds. The van der Waals surface area contributed by atoms with Crippen LogP contribution in [0.4, 0.5) is 10.8 Å². The van der Waals surface area contributed by atoms with E-state index in [1.807, 2.05) is 35.7 Å². The lowest BCUT2D eigenvalue weighted by molar-refractivity contribution is 0.601. The first-order chi connectivity index (χ1) is 15.0. The fourth-order valence-electron chi connectivity index (χ4n) is 2.61. The van der Waals surface area contributed by atoms with Gasteiger partial charge < -0.3 is 5.32 Å². The molecule has 0 atom stereocenters. The summed E-state index contributed by atoms with van der Waals surface area (Å²) in [5, 5.41) is 17.1. The molecule has 0 unspecified atom stereocenters. The Morgan fingerprint density at radius 2 is 1.84 bits per heavy atom. The Hall–Kier alpha value is -3.52. The largest absolute Gasteiger partial charge is 0.360 e. The van der Waals surface area contributed by atoms with Gasteiger partial charge in [0.15, 0.2) is 5.13 Å². The average molecular weight is 466 g/mol. The van der Waals surface area contributed by atoms with E-state index < -0.39 is 10.0 Å². The third-order valence-electron chi connectivity index (χ3n) is 4.13. The number of anilines is 2. The van der Waals surface area contributed by atoms with Crippen LogP contribution in [0.2, 0.25) is 0 Å². The lowest BCUT2D eigenvalue weighted by Crippen LogP contribution is -2.12. The SMILES string of the molecule is N#C/C(=C\Nc1ccc(S(=O)(=O)Nc2nccs2)cc1)c1nc(-c2ccccc2)cs1. The predicted octanol–water partition coefficient (Wildman–Crippen LogP) is 5.04. The number of nitrogens with zero attached hydrogens (tertiary/aromatic N) is 3. The van der Waals surface area contributed by atoms with Gasteiger partial charge >= 0.3 is 0 Å². The molecular weight excluding hydrogens is 450 g/mol. The Morgan fingerprint density at radius 1 is 1.06 bits per heavy atom. The summed E-state index contributed by atoms with van der Waals surface area (Å²) in [5.41, 5.74) is 2.82. The number of rotatable bonds is 7. The summed E-state index contributed by atoms with van der Waals surface area (Å²) in [4.78, 5) is 8.58. The van der Waals surface area contributed by atoms with Gasteiger partial charge in [-0.15, -0.1) is 22.7 Å². The lowest BCUT2D eigenvalue weighted by atomic mass is 10.2. The van der Waals surface area contributed by atoms with Crippen LogP contribution in [-0.2, 0) is 10.0 Å². The fraction of sp³-hybridized carbons (Fsp3) is 0.